The van der Waals surface area contributed by atoms with E-state index in [4.69, 9.17) is 11.6 Å². The highest BCUT2D eigenvalue weighted by atomic mass is 35.5. The van der Waals surface area contributed by atoms with Crippen LogP contribution >= 0.6 is 11.6 Å². The Kier molecular flexibility index (Phi) is 7.43. The lowest BCUT2D eigenvalue weighted by Gasteiger charge is -2.34. The van der Waals surface area contributed by atoms with Gasteiger partial charge in [0.15, 0.2) is 0 Å². The fourth-order valence-corrected chi connectivity index (χ4v) is 4.03. The summed E-state index contributed by atoms with van der Waals surface area (Å²) in [6.07, 6.45) is 1.31. The molecule has 0 aliphatic carbocycles. The number of carbonyl (C=O) groups excluding carboxylic acids is 1. The first-order chi connectivity index (χ1) is 12.4. The third-order valence-electron chi connectivity index (χ3n) is 4.07. The summed E-state index contributed by atoms with van der Waals surface area (Å²) < 4.78 is 32.1. The quantitative estimate of drug-likeness (QED) is 0.578. The standard InChI is InChI=1S/C17H23ClFN3O3S/c1-4-20-11-16(17(23)25-3)26(24)15-10-13(19)14(9-12(15)18)22-7-5-21(2)6-8-22/h9-11,20H,4-8H2,1-3H3/b16-11+. The van der Waals surface area contributed by atoms with E-state index >= 15 is 0 Å². The third-order valence-corrected chi connectivity index (χ3v) is 5.91. The number of benzene rings is 1. The number of hydrogen-bond donors (Lipinski definition) is 1. The first-order valence-corrected chi connectivity index (χ1v) is 9.78. The summed E-state index contributed by atoms with van der Waals surface area (Å²) in [5.41, 5.74) is 0.374. The molecular weight excluding hydrogens is 381 g/mol. The van der Waals surface area contributed by atoms with Gasteiger partial charge < -0.3 is 19.9 Å². The first kappa shape index (κ1) is 20.7. The van der Waals surface area contributed by atoms with Gasteiger partial charge in [-0.1, -0.05) is 11.6 Å². The van der Waals surface area contributed by atoms with Gasteiger partial charge in [-0.05, 0) is 26.1 Å². The van der Waals surface area contributed by atoms with E-state index in [-0.39, 0.29) is 14.8 Å². The molecule has 0 saturated carbocycles. The normalized spacial score (nSPS) is 17.1. The lowest BCUT2D eigenvalue weighted by Crippen LogP contribution is -2.44. The van der Waals surface area contributed by atoms with Crippen LogP contribution in [0.15, 0.2) is 28.1 Å². The summed E-state index contributed by atoms with van der Waals surface area (Å²) in [6.45, 7) is 5.36. The van der Waals surface area contributed by atoms with Crippen LogP contribution in [0.25, 0.3) is 0 Å². The van der Waals surface area contributed by atoms with Gasteiger partial charge in [0.1, 0.15) is 10.7 Å². The summed E-state index contributed by atoms with van der Waals surface area (Å²) in [6, 6.07) is 2.60. The maximum absolute atomic E-state index is 14.7. The summed E-state index contributed by atoms with van der Waals surface area (Å²) in [5.74, 6) is -1.28. The van der Waals surface area contributed by atoms with E-state index in [1.807, 2.05) is 18.9 Å². The molecule has 0 aromatic heterocycles. The van der Waals surface area contributed by atoms with Crippen LogP contribution in [0.2, 0.25) is 5.02 Å². The van der Waals surface area contributed by atoms with Crippen LogP contribution < -0.4 is 10.2 Å². The third kappa shape index (κ3) is 4.75. The first-order valence-electron chi connectivity index (χ1n) is 8.25. The second-order valence-corrected chi connectivity index (χ2v) is 7.68. The number of nitrogens with one attached hydrogen (secondary N) is 1. The van der Waals surface area contributed by atoms with Crippen molar-refractivity contribution in [2.75, 3.05) is 51.8 Å². The second-order valence-electron chi connectivity index (χ2n) is 5.85. The van der Waals surface area contributed by atoms with Gasteiger partial charge >= 0.3 is 5.97 Å². The molecular formula is C17H23ClFN3O3S. The SMILES string of the molecule is CCN/C=C(\C(=O)OC)S(=O)c1cc(F)c(N2CCN(C)CC2)cc1Cl. The highest BCUT2D eigenvalue weighted by Crippen LogP contribution is 2.31. The number of methoxy groups -OCH3 is 1. The van der Waals surface area contributed by atoms with Gasteiger partial charge in [-0.2, -0.15) is 0 Å². The number of piperazine rings is 1. The minimum absolute atomic E-state index is 0.0385. The molecule has 0 spiro atoms. The molecule has 1 unspecified atom stereocenters. The Balaban J connectivity index is 2.33. The van der Waals surface area contributed by atoms with Gasteiger partial charge in [-0.15, -0.1) is 0 Å². The number of likely N-dealkylation sites (N-methyl/N-ethyl adjacent to an activating group) is 1. The van der Waals surface area contributed by atoms with Crippen molar-refractivity contribution in [3.63, 3.8) is 0 Å². The van der Waals surface area contributed by atoms with Gasteiger partial charge in [0, 0.05) is 38.9 Å². The highest BCUT2D eigenvalue weighted by molar-refractivity contribution is 7.90. The number of rotatable bonds is 6. The van der Waals surface area contributed by atoms with Gasteiger partial charge in [-0.25, -0.2) is 13.4 Å². The van der Waals surface area contributed by atoms with Crippen LogP contribution in [0.4, 0.5) is 10.1 Å². The van der Waals surface area contributed by atoms with Crippen LogP contribution in [0.3, 0.4) is 0 Å². The number of hydrogen-bond acceptors (Lipinski definition) is 6. The van der Waals surface area contributed by atoms with Crippen molar-refractivity contribution in [2.24, 2.45) is 0 Å². The van der Waals surface area contributed by atoms with Crippen molar-refractivity contribution >= 4 is 34.1 Å². The van der Waals surface area contributed by atoms with Crippen LogP contribution in [-0.4, -0.2) is 62.0 Å². The van der Waals surface area contributed by atoms with E-state index in [1.165, 1.54) is 19.4 Å². The summed E-state index contributed by atoms with van der Waals surface area (Å²) in [4.78, 5) is 15.9. The second kappa shape index (κ2) is 9.34. The Labute approximate surface area is 160 Å². The zero-order valence-electron chi connectivity index (χ0n) is 15.1. The molecule has 0 bridgehead atoms. The molecule has 1 saturated heterocycles. The minimum Gasteiger partial charge on any atom is -0.465 e. The smallest absolute Gasteiger partial charge is 0.348 e. The zero-order valence-corrected chi connectivity index (χ0v) is 16.6. The topological polar surface area (TPSA) is 61.9 Å². The molecule has 0 amide bonds. The number of esters is 1. The van der Waals surface area contributed by atoms with Gasteiger partial charge in [0.2, 0.25) is 0 Å². The van der Waals surface area contributed by atoms with E-state index in [9.17, 15) is 13.4 Å². The molecule has 0 radical (unpaired) electrons. The molecule has 1 aliphatic heterocycles. The summed E-state index contributed by atoms with van der Waals surface area (Å²) in [5, 5.41) is 2.95. The van der Waals surface area contributed by atoms with E-state index in [1.54, 1.807) is 0 Å². The van der Waals surface area contributed by atoms with Crippen molar-refractivity contribution in [1.29, 1.82) is 0 Å². The van der Waals surface area contributed by atoms with Gasteiger partial charge in [0.05, 0.1) is 33.5 Å². The maximum atomic E-state index is 14.7. The Hall–Kier alpha value is -1.64. The Morgan fingerprint density at radius 1 is 1.38 bits per heavy atom. The average Bonchev–Trinajstić information content (AvgIpc) is 2.63. The minimum atomic E-state index is -1.97. The largest absolute Gasteiger partial charge is 0.465 e. The fourth-order valence-electron chi connectivity index (χ4n) is 2.55. The Morgan fingerprint density at radius 2 is 2.04 bits per heavy atom. The van der Waals surface area contributed by atoms with Crippen LogP contribution in [0, 0.1) is 5.82 Å². The number of halogens is 2. The van der Waals surface area contributed by atoms with Crippen LogP contribution in [-0.2, 0) is 20.3 Å². The predicted octanol–water partition coefficient (Wildman–Crippen LogP) is 1.96. The highest BCUT2D eigenvalue weighted by Gasteiger charge is 2.25. The molecule has 1 fully saturated rings. The van der Waals surface area contributed by atoms with Crippen molar-refractivity contribution in [2.45, 2.75) is 11.8 Å². The molecule has 1 aliphatic rings. The molecule has 1 aromatic carbocycles. The monoisotopic (exact) mass is 403 g/mol. The number of nitrogens with zero attached hydrogens (tertiary/aromatic N) is 2. The van der Waals surface area contributed by atoms with E-state index in [2.05, 4.69) is 15.0 Å². The summed E-state index contributed by atoms with van der Waals surface area (Å²) in [7, 11) is 1.24. The Morgan fingerprint density at radius 3 is 2.62 bits per heavy atom. The van der Waals surface area contributed by atoms with Gasteiger partial charge in [-0.3, -0.25) is 0 Å². The lowest BCUT2D eigenvalue weighted by atomic mass is 10.2. The number of ether oxygens (including phenoxy) is 1. The predicted molar refractivity (Wildman–Crippen MR) is 101 cm³/mol. The number of carbonyl (C=O) groups is 1. The molecule has 2 rings (SSSR count). The van der Waals surface area contributed by atoms with E-state index < -0.39 is 22.6 Å². The van der Waals surface area contributed by atoms with Crippen LogP contribution in [0.1, 0.15) is 6.92 Å². The zero-order chi connectivity index (χ0) is 19.3. The van der Waals surface area contributed by atoms with Crippen LogP contribution in [0.5, 0.6) is 0 Å². The van der Waals surface area contributed by atoms with Crippen molar-refractivity contribution in [1.82, 2.24) is 10.2 Å². The van der Waals surface area contributed by atoms with E-state index in [0.29, 0.717) is 25.3 Å². The Bertz CT molecular complexity index is 721. The molecule has 6 nitrogen and oxygen atoms in total. The molecule has 26 heavy (non-hydrogen) atoms. The number of anilines is 1. The molecule has 9 heteroatoms. The molecule has 1 N–H and O–H groups in total. The maximum Gasteiger partial charge on any atom is 0.348 e. The van der Waals surface area contributed by atoms with E-state index in [0.717, 1.165) is 19.2 Å². The van der Waals surface area contributed by atoms with Gasteiger partial charge in [0.25, 0.3) is 0 Å². The fraction of sp³-hybridized carbons (Fsp3) is 0.471. The van der Waals surface area contributed by atoms with Crippen molar-refractivity contribution in [3.05, 3.63) is 34.1 Å². The van der Waals surface area contributed by atoms with Crippen molar-refractivity contribution in [3.8, 4) is 0 Å². The molecule has 144 valence electrons. The average molecular weight is 404 g/mol. The molecule has 1 heterocycles. The molecule has 1 atom stereocenters. The summed E-state index contributed by atoms with van der Waals surface area (Å²) >= 11 is 6.27. The molecule has 1 aromatic rings. The lowest BCUT2D eigenvalue weighted by molar-refractivity contribution is -0.135. The van der Waals surface area contributed by atoms with Crippen molar-refractivity contribution < 1.29 is 18.1 Å².